The van der Waals surface area contributed by atoms with Crippen LogP contribution in [-0.4, -0.2) is 61.9 Å². The number of nitrogens with one attached hydrogen (secondary N) is 1. The predicted molar refractivity (Wildman–Crippen MR) is 91.6 cm³/mol. The minimum atomic E-state index is -3.26. The molecule has 2 N–H and O–H groups in total. The fraction of sp³-hybridized carbons (Fsp3) is 0.333. The number of anilines is 1. The second kappa shape index (κ2) is 5.74. The molecule has 3 aromatic heterocycles. The summed E-state index contributed by atoms with van der Waals surface area (Å²) in [5, 5.41) is 18.0. The molecular formula is C15H16N6O3S. The summed E-state index contributed by atoms with van der Waals surface area (Å²) >= 11 is 0. The Kier molecular flexibility index (Phi) is 3.65. The van der Waals surface area contributed by atoms with E-state index in [0.717, 1.165) is 5.56 Å². The normalized spacial score (nSPS) is 22.3. The van der Waals surface area contributed by atoms with Crippen molar-refractivity contribution >= 4 is 26.7 Å². The van der Waals surface area contributed by atoms with Gasteiger partial charge in [-0.1, -0.05) is 0 Å². The van der Waals surface area contributed by atoms with Crippen molar-refractivity contribution < 1.29 is 13.5 Å². The summed E-state index contributed by atoms with van der Waals surface area (Å²) in [7, 11) is -1.49. The van der Waals surface area contributed by atoms with E-state index in [1.165, 1.54) is 0 Å². The van der Waals surface area contributed by atoms with Crippen LogP contribution in [0, 0.1) is 0 Å². The van der Waals surface area contributed by atoms with Crippen LogP contribution in [0.1, 0.15) is 0 Å². The number of hydrogen-bond donors (Lipinski definition) is 2. The number of aryl methyl sites for hydroxylation is 1. The van der Waals surface area contributed by atoms with E-state index in [0.29, 0.717) is 22.7 Å². The van der Waals surface area contributed by atoms with Crippen molar-refractivity contribution in [3.63, 3.8) is 0 Å². The maximum atomic E-state index is 11.7. The van der Waals surface area contributed by atoms with E-state index < -0.39 is 22.0 Å². The Hall–Kier alpha value is -2.59. The van der Waals surface area contributed by atoms with Crippen molar-refractivity contribution in [2.45, 2.75) is 12.1 Å². The van der Waals surface area contributed by atoms with Gasteiger partial charge in [-0.3, -0.25) is 9.67 Å². The maximum Gasteiger partial charge on any atom is 0.164 e. The molecule has 4 rings (SSSR count). The van der Waals surface area contributed by atoms with Gasteiger partial charge in [0.1, 0.15) is 5.82 Å². The highest BCUT2D eigenvalue weighted by molar-refractivity contribution is 7.91. The van der Waals surface area contributed by atoms with Gasteiger partial charge in [0, 0.05) is 25.0 Å². The number of rotatable bonds is 3. The summed E-state index contributed by atoms with van der Waals surface area (Å²) in [4.78, 5) is 13.0. The van der Waals surface area contributed by atoms with Crippen molar-refractivity contribution in [1.82, 2.24) is 24.7 Å². The maximum absolute atomic E-state index is 11.7. The molecule has 130 valence electrons. The van der Waals surface area contributed by atoms with Crippen LogP contribution in [0.15, 0.2) is 30.7 Å². The lowest BCUT2D eigenvalue weighted by atomic mass is 10.2. The van der Waals surface area contributed by atoms with Crippen LogP contribution >= 0.6 is 0 Å². The fourth-order valence-electron chi connectivity index (χ4n) is 2.90. The van der Waals surface area contributed by atoms with E-state index in [-0.39, 0.29) is 11.5 Å². The molecule has 10 heteroatoms. The molecule has 3 aromatic rings. The zero-order valence-corrected chi connectivity index (χ0v) is 14.2. The van der Waals surface area contributed by atoms with Gasteiger partial charge in [-0.25, -0.2) is 18.4 Å². The van der Waals surface area contributed by atoms with E-state index in [9.17, 15) is 13.5 Å². The third-order valence-electron chi connectivity index (χ3n) is 4.18. The van der Waals surface area contributed by atoms with Crippen LogP contribution in [0.4, 0.5) is 5.82 Å². The molecule has 0 saturated carbocycles. The van der Waals surface area contributed by atoms with Crippen molar-refractivity contribution in [2.24, 2.45) is 7.05 Å². The minimum Gasteiger partial charge on any atom is -0.390 e. The smallest absolute Gasteiger partial charge is 0.164 e. The Morgan fingerprint density at radius 2 is 2.00 bits per heavy atom. The monoisotopic (exact) mass is 360 g/mol. The minimum absolute atomic E-state index is 0.134. The summed E-state index contributed by atoms with van der Waals surface area (Å²) in [5.74, 6) is 0.538. The SMILES string of the molecule is Cn1ncc2c(N[C@@H]3CS(=O)(=O)C[C@H]3O)nc(-c3ccncc3)nc21. The van der Waals surface area contributed by atoms with E-state index in [1.807, 2.05) is 0 Å². The molecule has 1 aliphatic heterocycles. The van der Waals surface area contributed by atoms with Gasteiger partial charge in [-0.05, 0) is 12.1 Å². The highest BCUT2D eigenvalue weighted by Gasteiger charge is 2.37. The standard InChI is InChI=1S/C15H16N6O3S/c1-21-15-10(6-17-21)14(18-11-7-25(23,24)8-12(11)22)19-13(20-15)9-2-4-16-5-3-9/h2-6,11-12,22H,7-8H2,1H3,(H,18,19,20)/t11-,12-/m1/s1. The Morgan fingerprint density at radius 1 is 1.24 bits per heavy atom. The highest BCUT2D eigenvalue weighted by atomic mass is 32.2. The summed E-state index contributed by atoms with van der Waals surface area (Å²) in [6, 6.07) is 2.96. The first kappa shape index (κ1) is 15.9. The number of hydrogen-bond acceptors (Lipinski definition) is 8. The van der Waals surface area contributed by atoms with Gasteiger partial charge in [-0.2, -0.15) is 5.10 Å². The molecule has 0 amide bonds. The molecule has 2 atom stereocenters. The molecule has 1 aliphatic rings. The van der Waals surface area contributed by atoms with Crippen LogP contribution in [0.25, 0.3) is 22.4 Å². The zero-order chi connectivity index (χ0) is 17.6. The Balaban J connectivity index is 1.80. The van der Waals surface area contributed by atoms with E-state index in [2.05, 4.69) is 25.4 Å². The molecule has 0 radical (unpaired) electrons. The number of nitrogens with zero attached hydrogens (tertiary/aromatic N) is 5. The van der Waals surface area contributed by atoms with Crippen LogP contribution in [-0.2, 0) is 16.9 Å². The molecule has 25 heavy (non-hydrogen) atoms. The molecule has 1 saturated heterocycles. The number of sulfone groups is 1. The third kappa shape index (κ3) is 2.94. The van der Waals surface area contributed by atoms with Crippen molar-refractivity contribution in [3.05, 3.63) is 30.7 Å². The molecule has 1 fully saturated rings. The first-order chi connectivity index (χ1) is 11.9. The lowest BCUT2D eigenvalue weighted by molar-refractivity contribution is 0.190. The molecule has 4 heterocycles. The number of pyridine rings is 1. The number of aliphatic hydroxyl groups is 1. The Labute approximate surface area is 143 Å². The molecule has 0 aliphatic carbocycles. The average Bonchev–Trinajstić information content (AvgIpc) is 3.07. The van der Waals surface area contributed by atoms with Gasteiger partial charge in [0.2, 0.25) is 0 Å². The van der Waals surface area contributed by atoms with E-state index >= 15 is 0 Å². The highest BCUT2D eigenvalue weighted by Crippen LogP contribution is 2.26. The number of fused-ring (bicyclic) bond motifs is 1. The second-order valence-electron chi connectivity index (χ2n) is 6.03. The van der Waals surface area contributed by atoms with Crippen LogP contribution in [0.5, 0.6) is 0 Å². The third-order valence-corrected chi connectivity index (χ3v) is 5.89. The van der Waals surface area contributed by atoms with Crippen molar-refractivity contribution in [3.8, 4) is 11.4 Å². The van der Waals surface area contributed by atoms with Crippen molar-refractivity contribution in [1.29, 1.82) is 0 Å². The topological polar surface area (TPSA) is 123 Å². The summed E-state index contributed by atoms with van der Waals surface area (Å²) < 4.78 is 25.1. The van der Waals surface area contributed by atoms with Crippen LogP contribution in [0.2, 0.25) is 0 Å². The van der Waals surface area contributed by atoms with Gasteiger partial charge in [-0.15, -0.1) is 0 Å². The predicted octanol–water partition coefficient (Wildman–Crippen LogP) is -0.00490. The summed E-state index contributed by atoms with van der Waals surface area (Å²) in [6.07, 6.45) is 3.93. The van der Waals surface area contributed by atoms with Gasteiger partial charge < -0.3 is 10.4 Å². The van der Waals surface area contributed by atoms with Gasteiger partial charge >= 0.3 is 0 Å². The molecule has 0 bridgehead atoms. The molecular weight excluding hydrogens is 344 g/mol. The molecule has 0 unspecified atom stereocenters. The van der Waals surface area contributed by atoms with Gasteiger partial charge in [0.25, 0.3) is 0 Å². The van der Waals surface area contributed by atoms with E-state index in [1.54, 1.807) is 42.5 Å². The van der Waals surface area contributed by atoms with Crippen LogP contribution < -0.4 is 5.32 Å². The Bertz CT molecular complexity index is 1030. The van der Waals surface area contributed by atoms with Gasteiger partial charge in [0.05, 0.1) is 35.2 Å². The number of aromatic nitrogens is 5. The fourth-order valence-corrected chi connectivity index (χ4v) is 4.65. The average molecular weight is 360 g/mol. The first-order valence-electron chi connectivity index (χ1n) is 7.68. The molecule has 0 spiro atoms. The van der Waals surface area contributed by atoms with Gasteiger partial charge in [0.15, 0.2) is 21.3 Å². The first-order valence-corrected chi connectivity index (χ1v) is 9.50. The lowest BCUT2D eigenvalue weighted by Gasteiger charge is -2.16. The number of aliphatic hydroxyl groups excluding tert-OH is 1. The lowest BCUT2D eigenvalue weighted by Crippen LogP contribution is -2.32. The molecule has 9 nitrogen and oxygen atoms in total. The quantitative estimate of drug-likeness (QED) is 0.669. The Morgan fingerprint density at radius 3 is 2.68 bits per heavy atom. The largest absolute Gasteiger partial charge is 0.390 e. The zero-order valence-electron chi connectivity index (χ0n) is 13.4. The second-order valence-corrected chi connectivity index (χ2v) is 8.19. The summed E-state index contributed by atoms with van der Waals surface area (Å²) in [5.41, 5.74) is 1.39. The van der Waals surface area contributed by atoms with Crippen LogP contribution in [0.3, 0.4) is 0 Å². The summed E-state index contributed by atoms with van der Waals surface area (Å²) in [6.45, 7) is 0. The van der Waals surface area contributed by atoms with E-state index in [4.69, 9.17) is 0 Å². The van der Waals surface area contributed by atoms with Crippen molar-refractivity contribution in [2.75, 3.05) is 16.8 Å². The molecule has 0 aromatic carbocycles.